The van der Waals surface area contributed by atoms with Crippen molar-refractivity contribution in [3.05, 3.63) is 59.7 Å². The van der Waals surface area contributed by atoms with Crippen molar-refractivity contribution in [3.63, 3.8) is 0 Å². The van der Waals surface area contributed by atoms with Gasteiger partial charge in [0.15, 0.2) is 0 Å². The van der Waals surface area contributed by atoms with Crippen LogP contribution in [0.1, 0.15) is 18.1 Å². The van der Waals surface area contributed by atoms with Crippen molar-refractivity contribution in [3.8, 4) is 0 Å². The summed E-state index contributed by atoms with van der Waals surface area (Å²) in [6, 6.07) is 9.50. The molecule has 4 amide bonds. The largest absolute Gasteiger partial charge is 0.330 e. The van der Waals surface area contributed by atoms with E-state index in [4.69, 9.17) is 0 Å². The number of amides is 4. The molecule has 2 rings (SSSR count). The summed E-state index contributed by atoms with van der Waals surface area (Å²) in [6.07, 6.45) is -1.08. The Hall–Kier alpha value is -3.12. The molecule has 2 aromatic carbocycles. The number of carbonyl (C=O) groups excluding carboxylic acids is 2. The Morgan fingerprint density at radius 3 is 1.27 bits per heavy atom. The Morgan fingerprint density at radius 2 is 0.967 bits per heavy atom. The summed E-state index contributed by atoms with van der Waals surface area (Å²) < 4.78 is 52.3. The second-order valence-electron chi connectivity index (χ2n) is 6.51. The molecule has 0 spiro atoms. The van der Waals surface area contributed by atoms with Gasteiger partial charge < -0.3 is 10.6 Å². The van der Waals surface area contributed by atoms with Gasteiger partial charge in [-0.25, -0.2) is 35.9 Å². The lowest BCUT2D eigenvalue weighted by atomic mass is 10.2. The molecule has 12 heteroatoms. The fraction of sp³-hybridized carbons (Fsp3) is 0.222. The van der Waals surface area contributed by atoms with Crippen LogP contribution in [0.4, 0.5) is 9.59 Å². The Bertz CT molecular complexity index is 1040. The lowest BCUT2D eigenvalue weighted by Crippen LogP contribution is -2.53. The highest BCUT2D eigenvalue weighted by molar-refractivity contribution is 7.90. The highest BCUT2D eigenvalue weighted by Crippen LogP contribution is 2.10. The van der Waals surface area contributed by atoms with E-state index in [0.29, 0.717) is 0 Å². The molecule has 0 aliphatic heterocycles. The van der Waals surface area contributed by atoms with Gasteiger partial charge in [-0.1, -0.05) is 35.4 Å². The van der Waals surface area contributed by atoms with Crippen molar-refractivity contribution < 1.29 is 26.4 Å². The first-order chi connectivity index (χ1) is 13.9. The maximum atomic E-state index is 12.2. The zero-order chi connectivity index (χ0) is 22.5. The Labute approximate surface area is 175 Å². The van der Waals surface area contributed by atoms with Gasteiger partial charge in [-0.05, 0) is 45.0 Å². The van der Waals surface area contributed by atoms with Gasteiger partial charge in [0, 0.05) is 0 Å². The normalized spacial score (nSPS) is 11.6. The van der Waals surface area contributed by atoms with Gasteiger partial charge in [-0.2, -0.15) is 0 Å². The molecule has 0 radical (unpaired) electrons. The first kappa shape index (κ1) is 23.2. The maximum absolute atomic E-state index is 12.2. The van der Waals surface area contributed by atoms with Crippen LogP contribution in [0.25, 0.3) is 0 Å². The van der Waals surface area contributed by atoms with Gasteiger partial charge in [0.2, 0.25) is 0 Å². The number of benzene rings is 2. The first-order valence-corrected chi connectivity index (χ1v) is 11.7. The fourth-order valence-electron chi connectivity index (χ4n) is 2.29. The van der Waals surface area contributed by atoms with Gasteiger partial charge in [-0.15, -0.1) is 0 Å². The van der Waals surface area contributed by atoms with Gasteiger partial charge in [-0.3, -0.25) is 0 Å². The van der Waals surface area contributed by atoms with Crippen LogP contribution in [0.3, 0.4) is 0 Å². The Morgan fingerprint density at radius 1 is 0.667 bits per heavy atom. The molecule has 0 aromatic heterocycles. The molecule has 10 nitrogen and oxygen atoms in total. The highest BCUT2D eigenvalue weighted by atomic mass is 32.2. The van der Waals surface area contributed by atoms with Crippen LogP contribution >= 0.6 is 0 Å². The molecule has 30 heavy (non-hydrogen) atoms. The Kier molecular flexibility index (Phi) is 7.05. The van der Waals surface area contributed by atoms with E-state index in [-0.39, 0.29) is 9.79 Å². The van der Waals surface area contributed by atoms with Gasteiger partial charge in [0.25, 0.3) is 20.0 Å². The number of urea groups is 2. The number of sulfonamides is 2. The third-order valence-corrected chi connectivity index (χ3v) is 6.51. The third-order valence-electron chi connectivity index (χ3n) is 3.81. The molecule has 0 aliphatic carbocycles. The molecule has 162 valence electrons. The van der Waals surface area contributed by atoms with E-state index in [1.165, 1.54) is 31.2 Å². The second-order valence-corrected chi connectivity index (χ2v) is 9.87. The molecule has 0 atom stereocenters. The van der Waals surface area contributed by atoms with E-state index < -0.39 is 38.3 Å². The van der Waals surface area contributed by atoms with Crippen LogP contribution in [0.2, 0.25) is 0 Å². The molecule has 0 saturated heterocycles. The monoisotopic (exact) mass is 454 g/mol. The summed E-state index contributed by atoms with van der Waals surface area (Å²) in [5.74, 6) is 0. The average Bonchev–Trinajstić information content (AvgIpc) is 2.61. The first-order valence-electron chi connectivity index (χ1n) is 8.69. The highest BCUT2D eigenvalue weighted by Gasteiger charge is 2.21. The van der Waals surface area contributed by atoms with Crippen LogP contribution in [0, 0.1) is 13.8 Å². The SMILES string of the molecule is Cc1ccc(S(=O)(=O)NC(=O)NC(C)NC(=O)NS(=O)(=O)c2ccc(C)cc2)cc1. The summed E-state index contributed by atoms with van der Waals surface area (Å²) in [6.45, 7) is 4.90. The molecule has 4 N–H and O–H groups in total. The van der Waals surface area contributed by atoms with Crippen molar-refractivity contribution in [1.82, 2.24) is 20.1 Å². The minimum atomic E-state index is -4.11. The molecule has 0 bridgehead atoms. The number of hydrogen-bond donors (Lipinski definition) is 4. The smallest absolute Gasteiger partial charge is 0.317 e. The average molecular weight is 455 g/mol. The van der Waals surface area contributed by atoms with Gasteiger partial charge in [0.05, 0.1) is 9.79 Å². The van der Waals surface area contributed by atoms with E-state index in [0.717, 1.165) is 11.1 Å². The van der Waals surface area contributed by atoms with Gasteiger partial charge in [0.1, 0.15) is 6.17 Å². The standard InChI is InChI=1S/C18H22N4O6S2/c1-12-4-8-15(9-5-12)29(25,26)21-17(23)19-14(3)20-18(24)22-30(27,28)16-10-6-13(2)7-11-16/h4-11,14H,1-3H3,(H2,19,21,23)(H2,20,22,24). The molecule has 2 aromatic rings. The quantitative estimate of drug-likeness (QED) is 0.484. The number of carbonyl (C=O) groups is 2. The zero-order valence-electron chi connectivity index (χ0n) is 16.5. The minimum Gasteiger partial charge on any atom is -0.317 e. The number of nitrogens with one attached hydrogen (secondary N) is 4. The van der Waals surface area contributed by atoms with Crippen LogP contribution < -0.4 is 20.1 Å². The van der Waals surface area contributed by atoms with E-state index in [1.807, 2.05) is 9.44 Å². The molecule has 0 unspecified atom stereocenters. The van der Waals surface area contributed by atoms with Crippen LogP contribution in [-0.2, 0) is 20.0 Å². The van der Waals surface area contributed by atoms with Crippen LogP contribution in [-0.4, -0.2) is 35.1 Å². The van der Waals surface area contributed by atoms with Crippen LogP contribution in [0.5, 0.6) is 0 Å². The van der Waals surface area contributed by atoms with Crippen LogP contribution in [0.15, 0.2) is 58.3 Å². The van der Waals surface area contributed by atoms with Crippen molar-refractivity contribution >= 4 is 32.1 Å². The van der Waals surface area contributed by atoms with Crippen molar-refractivity contribution in [2.75, 3.05) is 0 Å². The molecular weight excluding hydrogens is 432 g/mol. The minimum absolute atomic E-state index is 0.106. The molecule has 0 fully saturated rings. The summed E-state index contributed by atoms with van der Waals surface area (Å²) >= 11 is 0. The van der Waals surface area contributed by atoms with Crippen molar-refractivity contribution in [2.24, 2.45) is 0 Å². The summed E-state index contributed by atoms with van der Waals surface area (Å²) in [7, 11) is -8.21. The lowest BCUT2D eigenvalue weighted by Gasteiger charge is -2.17. The van der Waals surface area contributed by atoms with Crippen molar-refractivity contribution in [1.29, 1.82) is 0 Å². The number of rotatable bonds is 6. The fourth-order valence-corrected chi connectivity index (χ4v) is 4.12. The predicted octanol–water partition coefficient (Wildman–Crippen LogP) is 1.33. The number of hydrogen-bond acceptors (Lipinski definition) is 6. The second kappa shape index (κ2) is 9.13. The Balaban J connectivity index is 1.92. The number of aryl methyl sites for hydroxylation is 2. The van der Waals surface area contributed by atoms with E-state index in [2.05, 4.69) is 10.6 Å². The van der Waals surface area contributed by atoms with E-state index in [9.17, 15) is 26.4 Å². The summed E-state index contributed by atoms with van der Waals surface area (Å²) in [5, 5.41) is 4.37. The maximum Gasteiger partial charge on any atom is 0.330 e. The summed E-state index contributed by atoms with van der Waals surface area (Å²) in [5.41, 5.74) is 1.70. The molecule has 0 heterocycles. The predicted molar refractivity (Wildman–Crippen MR) is 110 cm³/mol. The lowest BCUT2D eigenvalue weighted by molar-refractivity contribution is 0.233. The summed E-state index contributed by atoms with van der Waals surface area (Å²) in [4.78, 5) is 23.7. The van der Waals surface area contributed by atoms with Gasteiger partial charge >= 0.3 is 12.1 Å². The molecule has 0 aliphatic rings. The molecule has 0 saturated carbocycles. The topological polar surface area (TPSA) is 151 Å². The third kappa shape index (κ3) is 6.46. The zero-order valence-corrected chi connectivity index (χ0v) is 18.1. The van der Waals surface area contributed by atoms with E-state index >= 15 is 0 Å². The molecular formula is C18H22N4O6S2. The van der Waals surface area contributed by atoms with Crippen molar-refractivity contribution in [2.45, 2.75) is 36.7 Å². The van der Waals surface area contributed by atoms with E-state index in [1.54, 1.807) is 38.1 Å².